The van der Waals surface area contributed by atoms with Gasteiger partial charge in [-0.1, -0.05) is 28.1 Å². The Morgan fingerprint density at radius 3 is 2.54 bits per heavy atom. The van der Waals surface area contributed by atoms with Crippen LogP contribution < -0.4 is 4.74 Å². The molecule has 0 radical (unpaired) electrons. The van der Waals surface area contributed by atoms with Crippen molar-refractivity contribution in [2.45, 2.75) is 39.4 Å². The van der Waals surface area contributed by atoms with Gasteiger partial charge in [-0.15, -0.1) is 0 Å². The fourth-order valence-corrected chi connectivity index (χ4v) is 3.77. The van der Waals surface area contributed by atoms with E-state index in [1.165, 1.54) is 12.1 Å². The average molecular weight is 449 g/mol. The van der Waals surface area contributed by atoms with E-state index in [-0.39, 0.29) is 30.4 Å². The van der Waals surface area contributed by atoms with Gasteiger partial charge in [-0.25, -0.2) is 4.39 Å². The Balaban J connectivity index is 1.56. The number of hydrogen-bond acceptors (Lipinski definition) is 3. The molecule has 0 N–H and O–H groups in total. The highest BCUT2D eigenvalue weighted by Crippen LogP contribution is 2.22. The first kappa shape index (κ1) is 20.8. The van der Waals surface area contributed by atoms with Crippen molar-refractivity contribution in [3.8, 4) is 5.75 Å². The van der Waals surface area contributed by atoms with Gasteiger partial charge in [-0.05, 0) is 62.2 Å². The van der Waals surface area contributed by atoms with Crippen molar-refractivity contribution in [3.63, 3.8) is 0 Å². The molecule has 2 aromatic rings. The van der Waals surface area contributed by atoms with Crippen molar-refractivity contribution in [2.75, 3.05) is 19.7 Å². The third kappa shape index (κ3) is 5.11. The summed E-state index contributed by atoms with van der Waals surface area (Å²) in [7, 11) is 0. The minimum absolute atomic E-state index is 0.00125. The summed E-state index contributed by atoms with van der Waals surface area (Å²) in [5, 5.41) is 0. The van der Waals surface area contributed by atoms with Crippen molar-refractivity contribution < 1.29 is 13.9 Å². The van der Waals surface area contributed by atoms with Crippen LogP contribution in [0.25, 0.3) is 0 Å². The molecule has 2 atom stereocenters. The molecule has 1 aliphatic rings. The number of piperazine rings is 1. The number of halogens is 2. The number of carbonyl (C=O) groups is 1. The predicted octanol–water partition coefficient (Wildman–Crippen LogP) is 4.40. The minimum atomic E-state index is -0.221. The number of amides is 1. The summed E-state index contributed by atoms with van der Waals surface area (Å²) >= 11 is 3.47. The lowest BCUT2D eigenvalue weighted by atomic mass is 10.1. The highest BCUT2D eigenvalue weighted by molar-refractivity contribution is 9.10. The van der Waals surface area contributed by atoms with Crippen molar-refractivity contribution >= 4 is 21.8 Å². The summed E-state index contributed by atoms with van der Waals surface area (Å²) in [6.45, 7) is 8.40. The van der Waals surface area contributed by atoms with Crippen LogP contribution in [0.1, 0.15) is 25.0 Å². The number of rotatable bonds is 5. The molecule has 2 aromatic carbocycles. The molecule has 0 bridgehead atoms. The van der Waals surface area contributed by atoms with E-state index >= 15 is 0 Å². The summed E-state index contributed by atoms with van der Waals surface area (Å²) < 4.78 is 19.8. The Morgan fingerprint density at radius 1 is 1.14 bits per heavy atom. The second kappa shape index (κ2) is 9.05. The molecule has 2 unspecified atom stereocenters. The fourth-order valence-electron chi connectivity index (χ4n) is 3.53. The van der Waals surface area contributed by atoms with Crippen LogP contribution in [0, 0.1) is 12.7 Å². The molecule has 1 fully saturated rings. The van der Waals surface area contributed by atoms with Gasteiger partial charge in [0.15, 0.2) is 6.61 Å². The maximum atomic E-state index is 13.1. The molecule has 0 saturated carbocycles. The number of ether oxygens (including phenoxy) is 1. The molecule has 4 nitrogen and oxygen atoms in total. The van der Waals surface area contributed by atoms with E-state index in [0.717, 1.165) is 28.7 Å². The lowest BCUT2D eigenvalue weighted by Gasteiger charge is -2.44. The van der Waals surface area contributed by atoms with Crippen molar-refractivity contribution in [3.05, 3.63) is 63.9 Å². The van der Waals surface area contributed by atoms with Gasteiger partial charge in [0.2, 0.25) is 0 Å². The molecule has 150 valence electrons. The van der Waals surface area contributed by atoms with E-state index in [1.807, 2.05) is 42.2 Å². The number of benzene rings is 2. The molecule has 28 heavy (non-hydrogen) atoms. The van der Waals surface area contributed by atoms with E-state index in [4.69, 9.17) is 4.74 Å². The highest BCUT2D eigenvalue weighted by Gasteiger charge is 2.32. The molecule has 0 aromatic heterocycles. The van der Waals surface area contributed by atoms with Crippen LogP contribution in [0.2, 0.25) is 0 Å². The summed E-state index contributed by atoms with van der Waals surface area (Å²) in [6, 6.07) is 12.6. The van der Waals surface area contributed by atoms with E-state index in [9.17, 15) is 9.18 Å². The number of carbonyl (C=O) groups excluding carboxylic acids is 1. The normalized spacial score (nSPS) is 20.2. The van der Waals surface area contributed by atoms with Crippen LogP contribution in [0.5, 0.6) is 5.75 Å². The van der Waals surface area contributed by atoms with Gasteiger partial charge in [0.1, 0.15) is 11.6 Å². The molecule has 1 saturated heterocycles. The van der Waals surface area contributed by atoms with Gasteiger partial charge in [-0.3, -0.25) is 9.69 Å². The fraction of sp³-hybridized carbons (Fsp3) is 0.409. The molecular weight excluding hydrogens is 423 g/mol. The third-order valence-electron chi connectivity index (χ3n) is 5.23. The second-order valence-corrected chi connectivity index (χ2v) is 8.35. The van der Waals surface area contributed by atoms with Gasteiger partial charge >= 0.3 is 0 Å². The molecule has 3 rings (SSSR count). The standard InChI is InChI=1S/C22H26BrFN2O2/c1-15-10-20(8-9-21(15)23)28-14-22(27)26-12-16(2)25(11-17(26)3)13-18-4-6-19(24)7-5-18/h4-10,16-17H,11-14H2,1-3H3. The summed E-state index contributed by atoms with van der Waals surface area (Å²) in [5.74, 6) is 0.479. The molecule has 0 aliphatic carbocycles. The average Bonchev–Trinajstić information content (AvgIpc) is 2.67. The quantitative estimate of drug-likeness (QED) is 0.679. The Morgan fingerprint density at radius 2 is 1.86 bits per heavy atom. The zero-order valence-electron chi connectivity index (χ0n) is 16.5. The van der Waals surface area contributed by atoms with E-state index in [2.05, 4.69) is 34.7 Å². The molecule has 1 heterocycles. The maximum absolute atomic E-state index is 13.1. The van der Waals surface area contributed by atoms with Crippen LogP contribution in [0.15, 0.2) is 46.9 Å². The Bertz CT molecular complexity index is 828. The molecule has 1 amide bonds. The van der Waals surface area contributed by atoms with Crippen molar-refractivity contribution in [2.24, 2.45) is 0 Å². The van der Waals surface area contributed by atoms with Gasteiger partial charge in [-0.2, -0.15) is 0 Å². The number of aryl methyl sites for hydroxylation is 1. The van der Waals surface area contributed by atoms with Gasteiger partial charge in [0, 0.05) is 36.2 Å². The van der Waals surface area contributed by atoms with Crippen molar-refractivity contribution in [1.29, 1.82) is 0 Å². The molecule has 6 heteroatoms. The molecular formula is C22H26BrFN2O2. The van der Waals surface area contributed by atoms with Gasteiger partial charge < -0.3 is 9.64 Å². The monoisotopic (exact) mass is 448 g/mol. The summed E-state index contributed by atoms with van der Waals surface area (Å²) in [4.78, 5) is 16.9. The highest BCUT2D eigenvalue weighted by atomic mass is 79.9. The SMILES string of the molecule is Cc1cc(OCC(=O)N2CC(C)N(Cc3ccc(F)cc3)CC2C)ccc1Br. The predicted molar refractivity (Wildman–Crippen MR) is 112 cm³/mol. The first-order valence-corrected chi connectivity index (χ1v) is 10.3. The largest absolute Gasteiger partial charge is 0.484 e. The number of hydrogen-bond donors (Lipinski definition) is 0. The first-order chi connectivity index (χ1) is 13.3. The third-order valence-corrected chi connectivity index (χ3v) is 6.12. The smallest absolute Gasteiger partial charge is 0.260 e. The zero-order valence-corrected chi connectivity index (χ0v) is 18.1. The Hall–Kier alpha value is -1.92. The van der Waals surface area contributed by atoms with Crippen LogP contribution >= 0.6 is 15.9 Å². The number of nitrogens with zero attached hydrogens (tertiary/aromatic N) is 2. The Kier molecular flexibility index (Phi) is 6.73. The van der Waals surface area contributed by atoms with Gasteiger partial charge in [0.05, 0.1) is 0 Å². The minimum Gasteiger partial charge on any atom is -0.484 e. The van der Waals surface area contributed by atoms with Crippen LogP contribution in [0.4, 0.5) is 4.39 Å². The van der Waals surface area contributed by atoms with E-state index in [0.29, 0.717) is 12.3 Å². The van der Waals surface area contributed by atoms with Gasteiger partial charge in [0.25, 0.3) is 5.91 Å². The van der Waals surface area contributed by atoms with E-state index in [1.54, 1.807) is 0 Å². The van der Waals surface area contributed by atoms with Crippen LogP contribution in [-0.2, 0) is 11.3 Å². The molecule has 1 aliphatic heterocycles. The summed E-state index contributed by atoms with van der Waals surface area (Å²) in [6.07, 6.45) is 0. The lowest BCUT2D eigenvalue weighted by Crippen LogP contribution is -2.58. The summed E-state index contributed by atoms with van der Waals surface area (Å²) in [5.41, 5.74) is 2.15. The van der Waals surface area contributed by atoms with E-state index < -0.39 is 0 Å². The second-order valence-electron chi connectivity index (χ2n) is 7.50. The van der Waals surface area contributed by atoms with Crippen LogP contribution in [-0.4, -0.2) is 47.5 Å². The first-order valence-electron chi connectivity index (χ1n) is 9.50. The molecule has 0 spiro atoms. The van der Waals surface area contributed by atoms with Crippen LogP contribution in [0.3, 0.4) is 0 Å². The lowest BCUT2D eigenvalue weighted by molar-refractivity contribution is -0.139. The maximum Gasteiger partial charge on any atom is 0.260 e. The topological polar surface area (TPSA) is 32.8 Å². The zero-order chi connectivity index (χ0) is 20.3. The van der Waals surface area contributed by atoms with Crippen molar-refractivity contribution in [1.82, 2.24) is 9.80 Å². The Labute approximate surface area is 174 Å².